The molecule has 0 unspecified atom stereocenters. The quantitative estimate of drug-likeness (QED) is 0.881. The van der Waals surface area contributed by atoms with E-state index in [1.165, 1.54) is 6.39 Å². The maximum absolute atomic E-state index is 5.68. The molecule has 1 aromatic carbocycles. The van der Waals surface area contributed by atoms with Crippen LogP contribution in [0.4, 0.5) is 0 Å². The summed E-state index contributed by atoms with van der Waals surface area (Å²) in [5.74, 6) is 1.63. The average Bonchev–Trinajstić information content (AvgIpc) is 2.77. The van der Waals surface area contributed by atoms with Crippen molar-refractivity contribution in [2.45, 2.75) is 26.5 Å². The Morgan fingerprint density at radius 1 is 1.39 bits per heavy atom. The summed E-state index contributed by atoms with van der Waals surface area (Å²) in [6.07, 6.45) is 1.63. The monoisotopic (exact) mass is 246 g/mol. The standard InChI is InChI=1S/C14H18N2O2/c1-10(2)18-12-6-4-5-11(7-12)14-13(8-15-3)16-9-17-14/h4-7,9-10,15H,8H2,1-3H3. The van der Waals surface area contributed by atoms with Crippen LogP contribution in [-0.2, 0) is 6.54 Å². The normalized spacial score (nSPS) is 10.9. The highest BCUT2D eigenvalue weighted by atomic mass is 16.5. The molecule has 0 aliphatic rings. The van der Waals surface area contributed by atoms with Crippen molar-refractivity contribution in [3.05, 3.63) is 36.4 Å². The lowest BCUT2D eigenvalue weighted by Gasteiger charge is -2.10. The second-order valence-electron chi connectivity index (χ2n) is 4.35. The molecule has 0 aliphatic heterocycles. The van der Waals surface area contributed by atoms with E-state index in [0.29, 0.717) is 6.54 Å². The highest BCUT2D eigenvalue weighted by Crippen LogP contribution is 2.26. The molecule has 0 saturated heterocycles. The predicted octanol–water partition coefficient (Wildman–Crippen LogP) is 2.85. The van der Waals surface area contributed by atoms with Gasteiger partial charge in [0.25, 0.3) is 0 Å². The summed E-state index contributed by atoms with van der Waals surface area (Å²) in [6, 6.07) is 7.86. The van der Waals surface area contributed by atoms with Crippen molar-refractivity contribution in [1.29, 1.82) is 0 Å². The Balaban J connectivity index is 2.29. The molecule has 0 fully saturated rings. The molecule has 0 aliphatic carbocycles. The molecule has 4 nitrogen and oxygen atoms in total. The molecule has 2 rings (SSSR count). The first-order valence-corrected chi connectivity index (χ1v) is 6.04. The summed E-state index contributed by atoms with van der Waals surface area (Å²) in [5, 5.41) is 3.07. The molecule has 1 aromatic heterocycles. The first kappa shape index (κ1) is 12.6. The van der Waals surface area contributed by atoms with Gasteiger partial charge in [0, 0.05) is 12.1 Å². The van der Waals surface area contributed by atoms with Gasteiger partial charge in [-0.3, -0.25) is 0 Å². The molecule has 2 aromatic rings. The molecule has 1 heterocycles. The van der Waals surface area contributed by atoms with Crippen molar-refractivity contribution in [3.8, 4) is 17.1 Å². The molecule has 0 radical (unpaired) electrons. The van der Waals surface area contributed by atoms with Gasteiger partial charge in [0.05, 0.1) is 6.10 Å². The molecule has 1 N–H and O–H groups in total. The fourth-order valence-electron chi connectivity index (χ4n) is 1.78. The molecule has 0 amide bonds. The Morgan fingerprint density at radius 3 is 2.94 bits per heavy atom. The van der Waals surface area contributed by atoms with Gasteiger partial charge in [-0.15, -0.1) is 0 Å². The SMILES string of the molecule is CNCc1ncoc1-c1cccc(OC(C)C)c1. The molecule has 96 valence electrons. The maximum atomic E-state index is 5.68. The van der Waals surface area contributed by atoms with Crippen LogP contribution in [0.1, 0.15) is 19.5 Å². The third-order valence-electron chi connectivity index (χ3n) is 2.45. The Labute approximate surface area is 107 Å². The van der Waals surface area contributed by atoms with Crippen LogP contribution in [0, 0.1) is 0 Å². The van der Waals surface area contributed by atoms with Crippen LogP contribution in [0.3, 0.4) is 0 Å². The van der Waals surface area contributed by atoms with Gasteiger partial charge in [-0.1, -0.05) is 12.1 Å². The number of nitrogens with one attached hydrogen (secondary N) is 1. The van der Waals surface area contributed by atoms with E-state index in [1.807, 2.05) is 45.2 Å². The summed E-state index contributed by atoms with van der Waals surface area (Å²) in [5.41, 5.74) is 1.88. The Hall–Kier alpha value is -1.81. The zero-order valence-electron chi connectivity index (χ0n) is 10.9. The van der Waals surface area contributed by atoms with Crippen LogP contribution in [0.2, 0.25) is 0 Å². The van der Waals surface area contributed by atoms with Crippen LogP contribution in [-0.4, -0.2) is 18.1 Å². The minimum Gasteiger partial charge on any atom is -0.491 e. The number of nitrogens with zero attached hydrogens (tertiary/aromatic N) is 1. The van der Waals surface area contributed by atoms with Crippen LogP contribution in [0.5, 0.6) is 5.75 Å². The van der Waals surface area contributed by atoms with Gasteiger partial charge < -0.3 is 14.5 Å². The third kappa shape index (κ3) is 2.90. The molecule has 0 spiro atoms. The number of rotatable bonds is 5. The molecule has 0 atom stereocenters. The fourth-order valence-corrected chi connectivity index (χ4v) is 1.78. The van der Waals surface area contributed by atoms with E-state index in [4.69, 9.17) is 9.15 Å². The molecule has 18 heavy (non-hydrogen) atoms. The highest BCUT2D eigenvalue weighted by Gasteiger charge is 2.11. The van der Waals surface area contributed by atoms with Crippen molar-refractivity contribution in [3.63, 3.8) is 0 Å². The second kappa shape index (κ2) is 5.69. The van der Waals surface area contributed by atoms with Crippen LogP contribution in [0.25, 0.3) is 11.3 Å². The number of hydrogen-bond acceptors (Lipinski definition) is 4. The minimum atomic E-state index is 0.159. The number of aromatic nitrogens is 1. The van der Waals surface area contributed by atoms with Gasteiger partial charge in [-0.25, -0.2) is 4.98 Å². The van der Waals surface area contributed by atoms with Crippen LogP contribution >= 0.6 is 0 Å². The maximum Gasteiger partial charge on any atom is 0.181 e. The van der Waals surface area contributed by atoms with E-state index in [2.05, 4.69) is 10.3 Å². The van der Waals surface area contributed by atoms with Gasteiger partial charge in [0.15, 0.2) is 12.2 Å². The molecule has 0 saturated carbocycles. The van der Waals surface area contributed by atoms with Crippen molar-refractivity contribution < 1.29 is 9.15 Å². The van der Waals surface area contributed by atoms with Gasteiger partial charge in [0.2, 0.25) is 0 Å². The number of benzene rings is 1. The minimum absolute atomic E-state index is 0.159. The average molecular weight is 246 g/mol. The largest absolute Gasteiger partial charge is 0.491 e. The van der Waals surface area contributed by atoms with Gasteiger partial charge >= 0.3 is 0 Å². The molecule has 4 heteroatoms. The predicted molar refractivity (Wildman–Crippen MR) is 70.5 cm³/mol. The fraction of sp³-hybridized carbons (Fsp3) is 0.357. The topological polar surface area (TPSA) is 47.3 Å². The smallest absolute Gasteiger partial charge is 0.181 e. The van der Waals surface area contributed by atoms with Crippen LogP contribution < -0.4 is 10.1 Å². The van der Waals surface area contributed by atoms with Crippen molar-refractivity contribution in [2.24, 2.45) is 0 Å². The summed E-state index contributed by atoms with van der Waals surface area (Å²) in [4.78, 5) is 4.20. The Morgan fingerprint density at radius 2 is 2.22 bits per heavy atom. The summed E-state index contributed by atoms with van der Waals surface area (Å²) >= 11 is 0. The third-order valence-corrected chi connectivity index (χ3v) is 2.45. The van der Waals surface area contributed by atoms with Gasteiger partial charge in [-0.05, 0) is 33.0 Å². The summed E-state index contributed by atoms with van der Waals surface area (Å²) < 4.78 is 11.1. The summed E-state index contributed by atoms with van der Waals surface area (Å²) in [6.45, 7) is 4.70. The van der Waals surface area contributed by atoms with E-state index >= 15 is 0 Å². The van der Waals surface area contributed by atoms with E-state index in [0.717, 1.165) is 22.8 Å². The zero-order chi connectivity index (χ0) is 13.0. The summed E-state index contributed by atoms with van der Waals surface area (Å²) in [7, 11) is 1.89. The number of ether oxygens (including phenoxy) is 1. The molecular formula is C14H18N2O2. The van der Waals surface area contributed by atoms with Crippen molar-refractivity contribution >= 4 is 0 Å². The Bertz CT molecular complexity index is 506. The lowest BCUT2D eigenvalue weighted by Crippen LogP contribution is -2.07. The molecular weight excluding hydrogens is 228 g/mol. The van der Waals surface area contributed by atoms with Crippen molar-refractivity contribution in [2.75, 3.05) is 7.05 Å². The van der Waals surface area contributed by atoms with Crippen LogP contribution in [0.15, 0.2) is 35.1 Å². The first-order valence-electron chi connectivity index (χ1n) is 6.04. The zero-order valence-corrected chi connectivity index (χ0v) is 10.9. The van der Waals surface area contributed by atoms with E-state index in [9.17, 15) is 0 Å². The number of oxazole rings is 1. The van der Waals surface area contributed by atoms with E-state index in [-0.39, 0.29) is 6.10 Å². The molecule has 0 bridgehead atoms. The van der Waals surface area contributed by atoms with Gasteiger partial charge in [-0.2, -0.15) is 0 Å². The first-order chi connectivity index (χ1) is 8.70. The van der Waals surface area contributed by atoms with E-state index in [1.54, 1.807) is 0 Å². The highest BCUT2D eigenvalue weighted by molar-refractivity contribution is 5.61. The van der Waals surface area contributed by atoms with E-state index < -0.39 is 0 Å². The number of hydrogen-bond donors (Lipinski definition) is 1. The van der Waals surface area contributed by atoms with Gasteiger partial charge in [0.1, 0.15) is 11.4 Å². The lowest BCUT2D eigenvalue weighted by molar-refractivity contribution is 0.242. The van der Waals surface area contributed by atoms with Crippen molar-refractivity contribution in [1.82, 2.24) is 10.3 Å². The lowest BCUT2D eigenvalue weighted by atomic mass is 10.1. The Kier molecular flexibility index (Phi) is 3.99. The second-order valence-corrected chi connectivity index (χ2v) is 4.35.